The zero-order valence-corrected chi connectivity index (χ0v) is 5.26. The van der Waals surface area contributed by atoms with E-state index in [9.17, 15) is 0 Å². The molecule has 2 N–H and O–H groups in total. The summed E-state index contributed by atoms with van der Waals surface area (Å²) in [5, 5.41) is 0. The van der Waals surface area contributed by atoms with Crippen LogP contribution in [0.5, 0.6) is 0 Å². The first-order chi connectivity index (χ1) is 6.75. The van der Waals surface area contributed by atoms with Gasteiger partial charge in [-0.3, -0.25) is 0 Å². The molecule has 0 aliphatic heterocycles. The Morgan fingerprint density at radius 3 is 3.00 bits per heavy atom. The monoisotopic (exact) mass is 139 g/mol. The van der Waals surface area contributed by atoms with Gasteiger partial charge in [-0.25, -0.2) is 4.98 Å². The first-order valence-corrected chi connectivity index (χ1v) is 2.97. The van der Waals surface area contributed by atoms with E-state index in [0.717, 1.165) is 0 Å². The fraction of sp³-hybridized carbons (Fsp3) is 0.375. The number of hydrogen-bond donors (Lipinski definition) is 1. The molecule has 0 spiro atoms. The van der Waals surface area contributed by atoms with E-state index in [-0.39, 0.29) is 11.4 Å². The Kier molecular flexibility index (Phi) is 0.499. The highest BCUT2D eigenvalue weighted by atomic mass is 14.8. The molecule has 1 aliphatic rings. The first-order valence-electron chi connectivity index (χ1n) is 5.47. The summed E-state index contributed by atoms with van der Waals surface area (Å²) in [5.74, 6) is -1.61. The van der Waals surface area contributed by atoms with Crippen molar-refractivity contribution in [2.75, 3.05) is 5.73 Å². The third-order valence-electron chi connectivity index (χ3n) is 1.33. The Morgan fingerprint density at radius 2 is 2.50 bits per heavy atom. The van der Waals surface area contributed by atoms with E-state index >= 15 is 0 Å². The predicted molar refractivity (Wildman–Crippen MR) is 40.6 cm³/mol. The van der Waals surface area contributed by atoms with E-state index < -0.39 is 18.6 Å². The van der Waals surface area contributed by atoms with Crippen molar-refractivity contribution in [1.29, 1.82) is 0 Å². The predicted octanol–water partition coefficient (Wildman–Crippen LogP) is 1.54. The molecule has 2 nitrogen and oxygen atoms in total. The maximum absolute atomic E-state index is 7.83. The number of pyridine rings is 1. The van der Waals surface area contributed by atoms with E-state index in [0.29, 0.717) is 0 Å². The summed E-state index contributed by atoms with van der Waals surface area (Å²) in [4.78, 5) is 3.74. The van der Waals surface area contributed by atoms with E-state index in [2.05, 4.69) is 4.98 Å². The molecule has 0 bridgehead atoms. The molecular weight excluding hydrogens is 124 g/mol. The van der Waals surface area contributed by atoms with Gasteiger partial charge in [0.05, 0.1) is 0 Å². The van der Waals surface area contributed by atoms with Crippen LogP contribution >= 0.6 is 0 Å². The second-order valence-electron chi connectivity index (χ2n) is 2.10. The number of nitrogens with two attached hydrogens (primary N) is 1. The van der Waals surface area contributed by atoms with Crippen molar-refractivity contribution in [2.45, 2.75) is 18.6 Å². The van der Waals surface area contributed by atoms with E-state index in [4.69, 9.17) is 12.6 Å². The molecule has 0 amide bonds. The van der Waals surface area contributed by atoms with Crippen LogP contribution in [0.1, 0.15) is 31.1 Å². The zero-order valence-electron chi connectivity index (χ0n) is 10.3. The molecule has 1 heterocycles. The van der Waals surface area contributed by atoms with Crippen LogP contribution in [-0.4, -0.2) is 4.98 Å². The molecule has 1 aromatic heterocycles. The average Bonchev–Trinajstić information content (AvgIpc) is 2.46. The minimum Gasteiger partial charge on any atom is -0.384 e. The lowest BCUT2D eigenvalue weighted by atomic mass is 10.2. The normalized spacial score (nSPS) is 37.8. The van der Waals surface area contributed by atoms with Crippen LogP contribution in [0, 0.1) is 0 Å². The lowest BCUT2D eigenvalue weighted by Gasteiger charge is -1.95. The maximum atomic E-state index is 7.83. The van der Waals surface area contributed by atoms with Gasteiger partial charge in [0.25, 0.3) is 0 Å². The van der Waals surface area contributed by atoms with Gasteiger partial charge in [-0.2, -0.15) is 0 Å². The molecule has 2 rings (SSSR count). The average molecular weight is 139 g/mol. The molecule has 52 valence electrons. The van der Waals surface area contributed by atoms with Crippen LogP contribution in [-0.2, 0) is 0 Å². The highest BCUT2D eigenvalue weighted by Crippen LogP contribution is 2.39. The van der Waals surface area contributed by atoms with Crippen molar-refractivity contribution in [3.05, 3.63) is 23.9 Å². The molecule has 0 saturated heterocycles. The summed E-state index contributed by atoms with van der Waals surface area (Å²) in [5.41, 5.74) is 5.58. The van der Waals surface area contributed by atoms with Crippen LogP contribution in [0.3, 0.4) is 0 Å². The summed E-state index contributed by atoms with van der Waals surface area (Å²) in [7, 11) is 0. The summed E-state index contributed by atoms with van der Waals surface area (Å²) in [6.07, 6.45) is -3.11. The van der Waals surface area contributed by atoms with Crippen molar-refractivity contribution in [2.24, 2.45) is 0 Å². The van der Waals surface area contributed by atoms with Gasteiger partial charge in [0, 0.05) is 13.1 Å². The van der Waals surface area contributed by atoms with Gasteiger partial charge < -0.3 is 5.73 Å². The van der Waals surface area contributed by atoms with Crippen LogP contribution in [0.4, 0.5) is 5.82 Å². The van der Waals surface area contributed by atoms with Crippen LogP contribution in [0.2, 0.25) is 0 Å². The fourth-order valence-electron chi connectivity index (χ4n) is 0.729. The number of aromatic nitrogens is 1. The summed E-state index contributed by atoms with van der Waals surface area (Å²) < 4.78 is 37.6. The smallest absolute Gasteiger partial charge is 0.123 e. The molecule has 0 unspecified atom stereocenters. The highest BCUT2D eigenvalue weighted by molar-refractivity contribution is 5.32. The van der Waals surface area contributed by atoms with Crippen LogP contribution in [0.25, 0.3) is 0 Å². The molecule has 1 aliphatic carbocycles. The van der Waals surface area contributed by atoms with Crippen molar-refractivity contribution in [1.82, 2.24) is 4.98 Å². The van der Waals surface area contributed by atoms with E-state index in [1.807, 2.05) is 0 Å². The molecule has 2 heteroatoms. The topological polar surface area (TPSA) is 38.9 Å². The van der Waals surface area contributed by atoms with Crippen LogP contribution < -0.4 is 5.73 Å². The van der Waals surface area contributed by atoms with Crippen molar-refractivity contribution in [3.63, 3.8) is 0 Å². The molecule has 1 saturated carbocycles. The lowest BCUT2D eigenvalue weighted by Crippen LogP contribution is -1.89. The minimum absolute atomic E-state index is 0.215. The SMILES string of the molecule is [2H]C1([2H])C([2H])([2H])C1([2H])c1ccc(N)nc1. The molecular formula is C8H10N2. The molecule has 0 aromatic carbocycles. The third kappa shape index (κ3) is 0.967. The summed E-state index contributed by atoms with van der Waals surface area (Å²) in [6.45, 7) is 0. The quantitative estimate of drug-likeness (QED) is 0.641. The maximum Gasteiger partial charge on any atom is 0.123 e. The van der Waals surface area contributed by atoms with Crippen molar-refractivity contribution >= 4 is 5.82 Å². The standard InChI is InChI=1S/C8H10N2/c9-8-4-3-7(5-10-8)6-1-2-6/h3-6H,1-2H2,(H2,9,10)/i1D2,2D2,6D. The van der Waals surface area contributed by atoms with Gasteiger partial charge in [0.1, 0.15) is 5.82 Å². The Balaban J connectivity index is 2.46. The van der Waals surface area contributed by atoms with Crippen molar-refractivity contribution < 1.29 is 6.85 Å². The summed E-state index contributed by atoms with van der Waals surface area (Å²) in [6, 6.07) is 2.88. The molecule has 1 aromatic rings. The van der Waals surface area contributed by atoms with Crippen LogP contribution in [0.15, 0.2) is 18.3 Å². The molecule has 1 fully saturated rings. The third-order valence-corrected chi connectivity index (χ3v) is 1.33. The van der Waals surface area contributed by atoms with Gasteiger partial charge >= 0.3 is 0 Å². The first kappa shape index (κ1) is 2.53. The largest absolute Gasteiger partial charge is 0.384 e. The van der Waals surface area contributed by atoms with Crippen molar-refractivity contribution in [3.8, 4) is 0 Å². The minimum atomic E-state index is -2.18. The highest BCUT2D eigenvalue weighted by Gasteiger charge is 2.23. The Morgan fingerprint density at radius 1 is 1.70 bits per heavy atom. The molecule has 10 heavy (non-hydrogen) atoms. The lowest BCUT2D eigenvalue weighted by molar-refractivity contribution is 1.10. The Labute approximate surface area is 67.1 Å². The number of nitrogen functional groups attached to an aromatic ring is 1. The van der Waals surface area contributed by atoms with E-state index in [1.165, 1.54) is 18.3 Å². The molecule has 0 radical (unpaired) electrons. The molecule has 0 atom stereocenters. The van der Waals surface area contributed by atoms with Gasteiger partial charge in [-0.15, -0.1) is 0 Å². The second-order valence-corrected chi connectivity index (χ2v) is 2.10. The number of hydrogen-bond acceptors (Lipinski definition) is 2. The van der Waals surface area contributed by atoms with Gasteiger partial charge in [0.15, 0.2) is 0 Å². The number of rotatable bonds is 1. The zero-order chi connectivity index (χ0) is 11.5. The number of nitrogens with zero attached hydrogens (tertiary/aromatic N) is 1. The Bertz CT molecular complexity index is 386. The van der Waals surface area contributed by atoms with Gasteiger partial charge in [-0.1, -0.05) is 6.07 Å². The second kappa shape index (κ2) is 1.97. The van der Waals surface area contributed by atoms with E-state index in [1.54, 1.807) is 0 Å². The van der Waals surface area contributed by atoms with Gasteiger partial charge in [-0.05, 0) is 30.3 Å². The van der Waals surface area contributed by atoms with Gasteiger partial charge in [0.2, 0.25) is 0 Å². The fourth-order valence-corrected chi connectivity index (χ4v) is 0.729. The number of anilines is 1. The summed E-state index contributed by atoms with van der Waals surface area (Å²) >= 11 is 0. The Hall–Kier alpha value is -1.05.